The molecule has 0 spiro atoms. The number of pyridine rings is 1. The number of ether oxygens (including phenoxy) is 2. The molecule has 0 aliphatic heterocycles. The average Bonchev–Trinajstić information content (AvgIpc) is 2.15. The van der Waals surface area contributed by atoms with Crippen molar-refractivity contribution in [2.75, 3.05) is 14.2 Å². The predicted octanol–water partition coefficient (Wildman–Crippen LogP) is 1.77. The SMILES string of the molecule is COc1cc(C(OC)C(F)(F)F)c[n+](C)c1. The summed E-state index contributed by atoms with van der Waals surface area (Å²) in [5, 5.41) is 0. The van der Waals surface area contributed by atoms with Crippen LogP contribution in [0.15, 0.2) is 18.5 Å². The summed E-state index contributed by atoms with van der Waals surface area (Å²) in [7, 11) is 4.04. The molecule has 0 fully saturated rings. The topological polar surface area (TPSA) is 22.3 Å². The maximum atomic E-state index is 12.6. The molecule has 1 aromatic rings. The fourth-order valence-electron chi connectivity index (χ4n) is 1.43. The van der Waals surface area contributed by atoms with Crippen molar-refractivity contribution in [2.24, 2.45) is 7.05 Å². The summed E-state index contributed by atoms with van der Waals surface area (Å²) in [5.74, 6) is 0.353. The molecule has 6 heteroatoms. The Labute approximate surface area is 91.4 Å². The molecule has 0 aliphatic rings. The first-order valence-electron chi connectivity index (χ1n) is 4.52. The first kappa shape index (κ1) is 12.8. The maximum absolute atomic E-state index is 12.6. The van der Waals surface area contributed by atoms with Crippen LogP contribution < -0.4 is 9.30 Å². The highest BCUT2D eigenvalue weighted by Crippen LogP contribution is 2.35. The molecule has 90 valence electrons. The Balaban J connectivity index is 3.15. The van der Waals surface area contributed by atoms with Crippen LogP contribution in [0, 0.1) is 0 Å². The number of halogens is 3. The van der Waals surface area contributed by atoms with Gasteiger partial charge in [0.1, 0.15) is 7.05 Å². The van der Waals surface area contributed by atoms with Gasteiger partial charge in [0.25, 0.3) is 0 Å². The zero-order valence-electron chi connectivity index (χ0n) is 9.21. The van der Waals surface area contributed by atoms with Crippen LogP contribution in [-0.4, -0.2) is 20.4 Å². The number of alkyl halides is 3. The van der Waals surface area contributed by atoms with Gasteiger partial charge in [-0.1, -0.05) is 0 Å². The van der Waals surface area contributed by atoms with E-state index < -0.39 is 12.3 Å². The van der Waals surface area contributed by atoms with E-state index in [2.05, 4.69) is 4.74 Å². The molecule has 0 aliphatic carbocycles. The van der Waals surface area contributed by atoms with Gasteiger partial charge < -0.3 is 9.47 Å². The van der Waals surface area contributed by atoms with Gasteiger partial charge in [-0.3, -0.25) is 0 Å². The van der Waals surface area contributed by atoms with Crippen LogP contribution in [0.2, 0.25) is 0 Å². The Morgan fingerprint density at radius 3 is 2.31 bits per heavy atom. The Kier molecular flexibility index (Phi) is 3.74. The number of aryl methyl sites for hydroxylation is 1. The highest BCUT2D eigenvalue weighted by molar-refractivity contribution is 5.23. The monoisotopic (exact) mass is 236 g/mol. The highest BCUT2D eigenvalue weighted by atomic mass is 19.4. The van der Waals surface area contributed by atoms with Gasteiger partial charge in [-0.15, -0.1) is 0 Å². The molecule has 0 aromatic carbocycles. The average molecular weight is 236 g/mol. The zero-order chi connectivity index (χ0) is 12.3. The Morgan fingerprint density at radius 1 is 1.25 bits per heavy atom. The van der Waals surface area contributed by atoms with Gasteiger partial charge in [0, 0.05) is 7.11 Å². The number of hydrogen-bond acceptors (Lipinski definition) is 2. The Hall–Kier alpha value is -1.30. The molecule has 0 N–H and O–H groups in total. The van der Waals surface area contributed by atoms with E-state index in [4.69, 9.17) is 4.74 Å². The number of nitrogens with zero attached hydrogens (tertiary/aromatic N) is 1. The van der Waals surface area contributed by atoms with Crippen LogP contribution in [0.25, 0.3) is 0 Å². The number of rotatable bonds is 3. The van der Waals surface area contributed by atoms with Gasteiger partial charge in [0.15, 0.2) is 18.1 Å². The highest BCUT2D eigenvalue weighted by Gasteiger charge is 2.42. The lowest BCUT2D eigenvalue weighted by Gasteiger charge is -2.18. The summed E-state index contributed by atoms with van der Waals surface area (Å²) in [4.78, 5) is 0. The molecule has 0 saturated heterocycles. The predicted molar refractivity (Wildman–Crippen MR) is 50.0 cm³/mol. The second-order valence-electron chi connectivity index (χ2n) is 3.33. The molecule has 1 atom stereocenters. The van der Waals surface area contributed by atoms with Crippen LogP contribution in [0.5, 0.6) is 5.75 Å². The van der Waals surface area contributed by atoms with E-state index in [0.717, 1.165) is 7.11 Å². The molecule has 0 saturated carbocycles. The molecule has 1 unspecified atom stereocenters. The molecule has 1 aromatic heterocycles. The number of hydrogen-bond donors (Lipinski definition) is 0. The van der Waals surface area contributed by atoms with Crippen molar-refractivity contribution in [3.05, 3.63) is 24.0 Å². The summed E-state index contributed by atoms with van der Waals surface area (Å²) in [6, 6.07) is 1.31. The van der Waals surface area contributed by atoms with E-state index >= 15 is 0 Å². The standard InChI is InChI=1S/C10H13F3NO2/c1-14-5-7(4-8(6-14)15-2)9(16-3)10(11,12)13/h4-6,9H,1-3H3/q+1. The molecular formula is C10H13F3NO2+. The first-order chi connectivity index (χ1) is 7.38. The molecule has 3 nitrogen and oxygen atoms in total. The van der Waals surface area contributed by atoms with E-state index in [1.807, 2.05) is 0 Å². The molecule has 1 heterocycles. The van der Waals surface area contributed by atoms with E-state index in [1.54, 1.807) is 13.2 Å². The molecule has 0 amide bonds. The van der Waals surface area contributed by atoms with Crippen molar-refractivity contribution in [1.82, 2.24) is 0 Å². The summed E-state index contributed by atoms with van der Waals surface area (Å²) >= 11 is 0. The number of aromatic nitrogens is 1. The van der Waals surface area contributed by atoms with Gasteiger partial charge >= 0.3 is 6.18 Å². The van der Waals surface area contributed by atoms with Crippen molar-refractivity contribution in [3.8, 4) is 5.75 Å². The van der Waals surface area contributed by atoms with Crippen molar-refractivity contribution in [3.63, 3.8) is 0 Å². The Morgan fingerprint density at radius 2 is 1.88 bits per heavy atom. The first-order valence-corrected chi connectivity index (χ1v) is 4.52. The summed E-state index contributed by atoms with van der Waals surface area (Å²) in [6.45, 7) is 0. The van der Waals surface area contributed by atoms with Crippen molar-refractivity contribution in [1.29, 1.82) is 0 Å². The quantitative estimate of drug-likeness (QED) is 0.746. The van der Waals surface area contributed by atoms with Crippen LogP contribution in [-0.2, 0) is 11.8 Å². The molecular weight excluding hydrogens is 223 g/mol. The third-order valence-electron chi connectivity index (χ3n) is 2.06. The van der Waals surface area contributed by atoms with E-state index in [1.165, 1.54) is 23.9 Å². The van der Waals surface area contributed by atoms with E-state index in [-0.39, 0.29) is 5.56 Å². The van der Waals surface area contributed by atoms with Gasteiger partial charge in [-0.2, -0.15) is 13.2 Å². The van der Waals surface area contributed by atoms with Crippen LogP contribution in [0.4, 0.5) is 13.2 Å². The van der Waals surface area contributed by atoms with E-state index in [0.29, 0.717) is 5.75 Å². The lowest BCUT2D eigenvalue weighted by molar-refractivity contribution is -0.672. The lowest BCUT2D eigenvalue weighted by atomic mass is 10.1. The molecule has 0 bridgehead atoms. The minimum Gasteiger partial charge on any atom is -0.491 e. The minimum absolute atomic E-state index is 0.0110. The second kappa shape index (κ2) is 4.69. The summed E-state index contributed by atoms with van der Waals surface area (Å²) < 4.78 is 48.6. The normalized spacial score (nSPS) is 13.6. The third kappa shape index (κ3) is 2.85. The molecule has 0 radical (unpaired) electrons. The molecule has 16 heavy (non-hydrogen) atoms. The van der Waals surface area contributed by atoms with Gasteiger partial charge in [-0.05, 0) is 6.07 Å². The minimum atomic E-state index is -4.44. The second-order valence-corrected chi connectivity index (χ2v) is 3.33. The van der Waals surface area contributed by atoms with Crippen molar-refractivity contribution >= 4 is 0 Å². The van der Waals surface area contributed by atoms with Crippen molar-refractivity contribution < 1.29 is 27.2 Å². The van der Waals surface area contributed by atoms with Gasteiger partial charge in [0.05, 0.1) is 12.7 Å². The lowest BCUT2D eigenvalue weighted by Crippen LogP contribution is -2.31. The fraction of sp³-hybridized carbons (Fsp3) is 0.500. The van der Waals surface area contributed by atoms with E-state index in [9.17, 15) is 13.2 Å². The zero-order valence-corrected chi connectivity index (χ0v) is 9.21. The fourth-order valence-corrected chi connectivity index (χ4v) is 1.43. The smallest absolute Gasteiger partial charge is 0.419 e. The van der Waals surface area contributed by atoms with Gasteiger partial charge in [0.2, 0.25) is 6.20 Å². The Bertz CT molecular complexity index is 366. The third-order valence-corrected chi connectivity index (χ3v) is 2.06. The van der Waals surface area contributed by atoms with Crippen LogP contribution in [0.1, 0.15) is 11.7 Å². The number of methoxy groups -OCH3 is 2. The van der Waals surface area contributed by atoms with Crippen molar-refractivity contribution in [2.45, 2.75) is 12.3 Å². The summed E-state index contributed by atoms with van der Waals surface area (Å²) in [6.07, 6.45) is -3.45. The maximum Gasteiger partial charge on any atom is 0.419 e. The largest absolute Gasteiger partial charge is 0.491 e. The summed E-state index contributed by atoms with van der Waals surface area (Å²) in [5.41, 5.74) is 0.0110. The van der Waals surface area contributed by atoms with Crippen LogP contribution >= 0.6 is 0 Å². The van der Waals surface area contributed by atoms with Crippen LogP contribution in [0.3, 0.4) is 0 Å². The van der Waals surface area contributed by atoms with Gasteiger partial charge in [-0.25, -0.2) is 4.57 Å². The molecule has 1 rings (SSSR count).